The van der Waals surface area contributed by atoms with Crippen molar-refractivity contribution in [1.82, 2.24) is 19.2 Å². The summed E-state index contributed by atoms with van der Waals surface area (Å²) in [6, 6.07) is 11.1. The minimum atomic E-state index is -0.532. The number of benzene rings is 1. The first-order valence-corrected chi connectivity index (χ1v) is 9.03. The number of aromatic nitrogens is 4. The zero-order valence-electron chi connectivity index (χ0n) is 14.8. The predicted octanol–water partition coefficient (Wildman–Crippen LogP) is 2.70. The second-order valence-corrected chi connectivity index (χ2v) is 6.91. The Morgan fingerprint density at radius 3 is 2.79 bits per heavy atom. The maximum absolute atomic E-state index is 13.8. The highest BCUT2D eigenvalue weighted by Gasteiger charge is 2.28. The Hall–Kier alpha value is -3.55. The van der Waals surface area contributed by atoms with E-state index in [1.54, 1.807) is 41.0 Å². The first kappa shape index (κ1) is 16.6. The van der Waals surface area contributed by atoms with Gasteiger partial charge in [-0.1, -0.05) is 12.1 Å². The number of para-hydroxylation sites is 1. The summed E-state index contributed by atoms with van der Waals surface area (Å²) in [7, 11) is 0. The molecule has 8 heteroatoms. The summed E-state index contributed by atoms with van der Waals surface area (Å²) in [5.41, 5.74) is 1.99. The number of amides is 1. The van der Waals surface area contributed by atoms with Gasteiger partial charge < -0.3 is 5.32 Å². The van der Waals surface area contributed by atoms with Crippen LogP contribution in [0.1, 0.15) is 24.5 Å². The number of carbonyl (C=O) groups excluding carboxylic acids is 1. The Bertz CT molecular complexity index is 1290. The second kappa shape index (κ2) is 6.26. The average Bonchev–Trinajstić information content (AvgIpc) is 3.45. The number of anilines is 1. The number of fused-ring (bicyclic) bond motifs is 3. The normalized spacial score (nSPS) is 13.9. The van der Waals surface area contributed by atoms with Crippen LogP contribution >= 0.6 is 0 Å². The third-order valence-corrected chi connectivity index (χ3v) is 4.90. The lowest BCUT2D eigenvalue weighted by molar-refractivity contribution is -0.116. The highest BCUT2D eigenvalue weighted by atomic mass is 19.1. The Labute approximate surface area is 158 Å². The van der Waals surface area contributed by atoms with Crippen molar-refractivity contribution in [2.24, 2.45) is 0 Å². The van der Waals surface area contributed by atoms with Crippen LogP contribution in [-0.2, 0) is 11.3 Å². The van der Waals surface area contributed by atoms with Crippen LogP contribution in [0.2, 0.25) is 0 Å². The molecule has 0 bridgehead atoms. The average molecular weight is 377 g/mol. The van der Waals surface area contributed by atoms with Gasteiger partial charge in [-0.3, -0.25) is 14.2 Å². The molecule has 140 valence electrons. The molecule has 0 unspecified atom stereocenters. The molecule has 3 heterocycles. The van der Waals surface area contributed by atoms with Crippen LogP contribution in [0.25, 0.3) is 16.7 Å². The number of hydrogen-bond acceptors (Lipinski definition) is 4. The summed E-state index contributed by atoms with van der Waals surface area (Å²) in [4.78, 5) is 29.9. The third-order valence-electron chi connectivity index (χ3n) is 4.90. The number of nitrogens with zero attached hydrogens (tertiary/aromatic N) is 4. The van der Waals surface area contributed by atoms with Crippen LogP contribution in [0, 0.1) is 5.82 Å². The molecule has 1 aliphatic carbocycles. The Balaban J connectivity index is 1.59. The van der Waals surface area contributed by atoms with E-state index in [-0.39, 0.29) is 17.8 Å². The van der Waals surface area contributed by atoms with Crippen LogP contribution in [0.15, 0.2) is 53.5 Å². The predicted molar refractivity (Wildman–Crippen MR) is 102 cm³/mol. The van der Waals surface area contributed by atoms with E-state index in [9.17, 15) is 14.0 Å². The van der Waals surface area contributed by atoms with Gasteiger partial charge >= 0.3 is 0 Å². The highest BCUT2D eigenvalue weighted by molar-refractivity contribution is 5.91. The van der Waals surface area contributed by atoms with Gasteiger partial charge in [-0.15, -0.1) is 0 Å². The highest BCUT2D eigenvalue weighted by Crippen LogP contribution is 2.39. The van der Waals surface area contributed by atoms with Crippen LogP contribution in [-0.4, -0.2) is 25.1 Å². The molecule has 7 nitrogen and oxygen atoms in total. The molecule has 0 spiro atoms. The van der Waals surface area contributed by atoms with Gasteiger partial charge in [0.25, 0.3) is 5.56 Å². The van der Waals surface area contributed by atoms with Gasteiger partial charge in [0.2, 0.25) is 5.91 Å². The molecule has 1 N–H and O–H groups in total. The van der Waals surface area contributed by atoms with E-state index < -0.39 is 11.7 Å². The van der Waals surface area contributed by atoms with Crippen molar-refractivity contribution in [2.45, 2.75) is 25.3 Å². The maximum atomic E-state index is 13.8. The van der Waals surface area contributed by atoms with Crippen LogP contribution in [0.4, 0.5) is 10.1 Å². The summed E-state index contributed by atoms with van der Waals surface area (Å²) >= 11 is 0. The van der Waals surface area contributed by atoms with Crippen molar-refractivity contribution in [3.05, 3.63) is 70.5 Å². The van der Waals surface area contributed by atoms with Crippen molar-refractivity contribution >= 4 is 28.3 Å². The van der Waals surface area contributed by atoms with Gasteiger partial charge in [0.05, 0.1) is 16.9 Å². The lowest BCUT2D eigenvalue weighted by Gasteiger charge is -2.11. The molecular formula is C20H16FN5O2. The molecule has 0 atom stereocenters. The van der Waals surface area contributed by atoms with Crippen molar-refractivity contribution in [3.8, 4) is 0 Å². The summed E-state index contributed by atoms with van der Waals surface area (Å²) in [6.07, 6.45) is 3.75. The summed E-state index contributed by atoms with van der Waals surface area (Å²) in [5, 5.41) is 7.07. The summed E-state index contributed by atoms with van der Waals surface area (Å²) in [5.74, 6) is -0.644. The lowest BCUT2D eigenvalue weighted by atomic mass is 10.3. The third kappa shape index (κ3) is 2.74. The maximum Gasteiger partial charge on any atom is 0.277 e. The first-order valence-electron chi connectivity index (χ1n) is 9.03. The molecule has 0 aliphatic heterocycles. The Kier molecular flexibility index (Phi) is 3.71. The molecule has 1 fully saturated rings. The fourth-order valence-electron chi connectivity index (χ4n) is 3.35. The Morgan fingerprint density at radius 2 is 2.00 bits per heavy atom. The van der Waals surface area contributed by atoms with Gasteiger partial charge in [0.15, 0.2) is 5.65 Å². The van der Waals surface area contributed by atoms with E-state index in [1.165, 1.54) is 16.7 Å². The monoisotopic (exact) mass is 377 g/mol. The number of hydrogen-bond donors (Lipinski definition) is 1. The molecule has 1 aliphatic rings. The number of pyridine rings is 1. The minimum absolute atomic E-state index is 0.0735. The largest absolute Gasteiger partial charge is 0.322 e. The molecule has 5 rings (SSSR count). The number of rotatable bonds is 4. The van der Waals surface area contributed by atoms with Crippen molar-refractivity contribution in [2.75, 3.05) is 5.32 Å². The standard InChI is InChI=1S/C20H16FN5O2/c21-13-4-1-2-5-14(13)23-18(27)11-25-16-6-3-9-22-19(16)26-17(20(25)28)10-15(24-26)12-7-8-12/h1-6,9-10,12H,7-8,11H2,(H,23,27). The number of carbonyl (C=O) groups is 1. The van der Waals surface area contributed by atoms with Gasteiger partial charge in [-0.2, -0.15) is 5.10 Å². The summed E-state index contributed by atoms with van der Waals surface area (Å²) in [6.45, 7) is -0.254. The van der Waals surface area contributed by atoms with Crippen LogP contribution in [0.3, 0.4) is 0 Å². The zero-order valence-corrected chi connectivity index (χ0v) is 14.8. The molecule has 28 heavy (non-hydrogen) atoms. The van der Waals surface area contributed by atoms with E-state index in [0.717, 1.165) is 18.5 Å². The van der Waals surface area contributed by atoms with Gasteiger partial charge in [-0.05, 0) is 43.2 Å². The summed E-state index contributed by atoms with van der Waals surface area (Å²) < 4.78 is 16.7. The van der Waals surface area contributed by atoms with E-state index in [0.29, 0.717) is 22.6 Å². The topological polar surface area (TPSA) is 81.3 Å². The van der Waals surface area contributed by atoms with Crippen molar-refractivity contribution < 1.29 is 9.18 Å². The van der Waals surface area contributed by atoms with Gasteiger partial charge in [-0.25, -0.2) is 13.9 Å². The fourth-order valence-corrected chi connectivity index (χ4v) is 3.35. The van der Waals surface area contributed by atoms with E-state index in [1.807, 2.05) is 0 Å². The number of nitrogens with one attached hydrogen (secondary N) is 1. The quantitative estimate of drug-likeness (QED) is 0.593. The van der Waals surface area contributed by atoms with Crippen LogP contribution in [0.5, 0.6) is 0 Å². The smallest absolute Gasteiger partial charge is 0.277 e. The molecule has 4 aromatic rings. The van der Waals surface area contributed by atoms with Gasteiger partial charge in [0, 0.05) is 12.1 Å². The van der Waals surface area contributed by atoms with Gasteiger partial charge in [0.1, 0.15) is 17.9 Å². The van der Waals surface area contributed by atoms with Crippen molar-refractivity contribution in [3.63, 3.8) is 0 Å². The van der Waals surface area contributed by atoms with E-state index in [2.05, 4.69) is 15.4 Å². The van der Waals surface area contributed by atoms with Crippen LogP contribution < -0.4 is 10.9 Å². The first-order chi connectivity index (χ1) is 13.6. The minimum Gasteiger partial charge on any atom is -0.322 e. The van der Waals surface area contributed by atoms with E-state index >= 15 is 0 Å². The Morgan fingerprint density at radius 1 is 1.18 bits per heavy atom. The molecular weight excluding hydrogens is 361 g/mol. The van der Waals surface area contributed by atoms with Crippen molar-refractivity contribution in [1.29, 1.82) is 0 Å². The number of halogens is 1. The van der Waals surface area contributed by atoms with E-state index in [4.69, 9.17) is 0 Å². The second-order valence-electron chi connectivity index (χ2n) is 6.91. The molecule has 1 saturated carbocycles. The SMILES string of the molecule is O=C(Cn1c(=O)c2cc(C3CC3)nn2c2ncccc21)Nc1ccccc1F. The molecule has 3 aromatic heterocycles. The molecule has 0 saturated heterocycles. The fraction of sp³-hybridized carbons (Fsp3) is 0.200. The zero-order chi connectivity index (χ0) is 19.3. The molecule has 1 aromatic carbocycles. The lowest BCUT2D eigenvalue weighted by Crippen LogP contribution is -2.29. The molecule has 1 amide bonds. The molecule has 0 radical (unpaired) electrons.